The van der Waals surface area contributed by atoms with Gasteiger partial charge in [-0.15, -0.1) is 0 Å². The Bertz CT molecular complexity index is 760. The lowest BCUT2D eigenvalue weighted by Gasteiger charge is -2.30. The highest BCUT2D eigenvalue weighted by atomic mass is 16.7. The molecule has 0 heterocycles. The van der Waals surface area contributed by atoms with Crippen LogP contribution in [-0.2, 0) is 25.7 Å². The molecule has 6 heteroatoms. The zero-order chi connectivity index (χ0) is 16.8. The normalized spacial score (nSPS) is 13.8. The number of ether oxygens (including phenoxy) is 2. The third-order valence-electron chi connectivity index (χ3n) is 4.54. The first-order chi connectivity index (χ1) is 11.5. The third kappa shape index (κ3) is 2.36. The van der Waals surface area contributed by atoms with E-state index in [4.69, 9.17) is 19.7 Å². The highest BCUT2D eigenvalue weighted by Crippen LogP contribution is 2.45. The van der Waals surface area contributed by atoms with E-state index in [1.807, 2.05) is 0 Å². The molecule has 4 rings (SSSR count). The van der Waals surface area contributed by atoms with Gasteiger partial charge in [0, 0.05) is 0 Å². The summed E-state index contributed by atoms with van der Waals surface area (Å²) in [5.41, 5.74) is 6.57. The molecule has 2 aliphatic rings. The first-order valence-corrected chi connectivity index (χ1v) is 7.65. The van der Waals surface area contributed by atoms with E-state index in [2.05, 4.69) is 0 Å². The fraction of sp³-hybridized carbons (Fsp3) is 0.222. The van der Waals surface area contributed by atoms with Crippen LogP contribution in [0, 0.1) is 0 Å². The van der Waals surface area contributed by atoms with Crippen LogP contribution in [0.4, 0.5) is 9.59 Å². The molecule has 24 heavy (non-hydrogen) atoms. The van der Waals surface area contributed by atoms with E-state index in [1.54, 1.807) is 24.3 Å². The summed E-state index contributed by atoms with van der Waals surface area (Å²) in [6.07, 6.45) is 0.379. The largest absolute Gasteiger partial charge is 0.511 e. The van der Waals surface area contributed by atoms with Crippen molar-refractivity contribution in [2.75, 3.05) is 0 Å². The number of rotatable bonds is 2. The maximum atomic E-state index is 10.8. The molecule has 0 fully saturated rings. The molecule has 0 bridgehead atoms. The van der Waals surface area contributed by atoms with Crippen LogP contribution in [0.3, 0.4) is 0 Å². The predicted octanol–water partition coefficient (Wildman–Crippen LogP) is 3.66. The van der Waals surface area contributed by atoms with Crippen molar-refractivity contribution in [2.45, 2.75) is 25.7 Å². The zero-order valence-electron chi connectivity index (χ0n) is 12.7. The maximum absolute atomic E-state index is 10.8. The number of carboxylic acid groups (broad SMARTS) is 2. The molecule has 6 nitrogen and oxygen atoms in total. The van der Waals surface area contributed by atoms with E-state index in [0.717, 1.165) is 59.1 Å². The van der Waals surface area contributed by atoms with E-state index >= 15 is 0 Å². The Balaban J connectivity index is 1.85. The van der Waals surface area contributed by atoms with E-state index in [9.17, 15) is 9.59 Å². The summed E-state index contributed by atoms with van der Waals surface area (Å²) in [5.74, 6) is 0.711. The molecule has 0 radical (unpaired) electrons. The van der Waals surface area contributed by atoms with Gasteiger partial charge in [0.1, 0.15) is 11.5 Å². The second kappa shape index (κ2) is 5.26. The second-order valence-electron chi connectivity index (χ2n) is 5.97. The van der Waals surface area contributed by atoms with Gasteiger partial charge >= 0.3 is 12.3 Å². The fourth-order valence-electron chi connectivity index (χ4n) is 3.76. The van der Waals surface area contributed by atoms with Crippen LogP contribution in [0.5, 0.6) is 11.5 Å². The molecule has 0 amide bonds. The first kappa shape index (κ1) is 14.6. The molecule has 2 aliphatic carbocycles. The van der Waals surface area contributed by atoms with E-state index in [0.29, 0.717) is 11.5 Å². The minimum absolute atomic E-state index is 0.356. The molecular weight excluding hydrogens is 312 g/mol. The fourth-order valence-corrected chi connectivity index (χ4v) is 3.76. The lowest BCUT2D eigenvalue weighted by molar-refractivity contribution is 0.143. The minimum atomic E-state index is -1.31. The topological polar surface area (TPSA) is 93.1 Å². The summed E-state index contributed by atoms with van der Waals surface area (Å²) in [7, 11) is 0. The van der Waals surface area contributed by atoms with Crippen molar-refractivity contribution in [3.63, 3.8) is 0 Å². The van der Waals surface area contributed by atoms with Crippen LogP contribution < -0.4 is 9.47 Å². The van der Waals surface area contributed by atoms with Gasteiger partial charge in [-0.05, 0) is 83.3 Å². The summed E-state index contributed by atoms with van der Waals surface area (Å²) in [4.78, 5) is 21.6. The lowest BCUT2D eigenvalue weighted by Crippen LogP contribution is -2.16. The van der Waals surface area contributed by atoms with Crippen molar-refractivity contribution in [2.24, 2.45) is 0 Å². The Labute approximate surface area is 137 Å². The van der Waals surface area contributed by atoms with Crippen LogP contribution in [0.1, 0.15) is 22.3 Å². The average molecular weight is 326 g/mol. The van der Waals surface area contributed by atoms with E-state index in [-0.39, 0.29) is 0 Å². The van der Waals surface area contributed by atoms with Crippen LogP contribution in [0.25, 0.3) is 11.1 Å². The smallest absolute Gasteiger partial charge is 0.449 e. The van der Waals surface area contributed by atoms with Crippen LogP contribution in [0.2, 0.25) is 0 Å². The molecule has 0 atom stereocenters. The van der Waals surface area contributed by atoms with Gasteiger partial charge in [-0.2, -0.15) is 0 Å². The predicted molar refractivity (Wildman–Crippen MR) is 84.0 cm³/mol. The van der Waals surface area contributed by atoms with Gasteiger partial charge in [0.05, 0.1) is 0 Å². The standard InChI is InChI=1S/C18H14O6/c19-17(20)23-13-5-9-1-2-10-6-14(24-18(21)22)8-12-4-3-11(7-13)15(9)16(10)12/h5-8H,1-4H2,(H,19,20)(H,21,22). The molecule has 0 aliphatic heterocycles. The third-order valence-corrected chi connectivity index (χ3v) is 4.54. The molecule has 2 aromatic carbocycles. The summed E-state index contributed by atoms with van der Waals surface area (Å²) in [6, 6.07) is 7.14. The van der Waals surface area contributed by atoms with Gasteiger partial charge < -0.3 is 19.7 Å². The van der Waals surface area contributed by atoms with Gasteiger partial charge in [-0.25, -0.2) is 9.59 Å². The molecule has 0 spiro atoms. The SMILES string of the molecule is O=C(O)Oc1cc2c3c(c1)CCc1cc(OC(=O)O)cc(c1-3)CC2. The van der Waals surface area contributed by atoms with Crippen molar-refractivity contribution in [1.29, 1.82) is 0 Å². The highest BCUT2D eigenvalue weighted by molar-refractivity contribution is 5.83. The average Bonchev–Trinajstić information content (AvgIpc) is 2.50. The number of carbonyl (C=O) groups is 2. The Hall–Kier alpha value is -3.02. The number of benzene rings is 2. The van der Waals surface area contributed by atoms with Crippen molar-refractivity contribution >= 4 is 12.3 Å². The minimum Gasteiger partial charge on any atom is -0.449 e. The molecular formula is C18H14O6. The van der Waals surface area contributed by atoms with Crippen molar-refractivity contribution in [3.8, 4) is 22.6 Å². The number of hydrogen-bond acceptors (Lipinski definition) is 4. The summed E-state index contributed by atoms with van der Waals surface area (Å²) in [5, 5.41) is 17.6. The van der Waals surface area contributed by atoms with E-state index in [1.165, 1.54) is 0 Å². The summed E-state index contributed by atoms with van der Waals surface area (Å²) in [6.45, 7) is 0. The molecule has 0 unspecified atom stereocenters. The Morgan fingerprint density at radius 3 is 1.21 bits per heavy atom. The quantitative estimate of drug-likeness (QED) is 0.646. The lowest BCUT2D eigenvalue weighted by atomic mass is 9.75. The molecule has 2 aromatic rings. The Kier molecular flexibility index (Phi) is 3.19. The monoisotopic (exact) mass is 326 g/mol. The van der Waals surface area contributed by atoms with Crippen molar-refractivity contribution in [1.82, 2.24) is 0 Å². The van der Waals surface area contributed by atoms with Crippen molar-refractivity contribution in [3.05, 3.63) is 46.5 Å². The number of hydrogen-bond donors (Lipinski definition) is 2. The molecule has 0 saturated heterocycles. The summed E-state index contributed by atoms with van der Waals surface area (Å²) < 4.78 is 9.65. The van der Waals surface area contributed by atoms with Gasteiger partial charge in [0.15, 0.2) is 0 Å². The van der Waals surface area contributed by atoms with Crippen LogP contribution >= 0.6 is 0 Å². The first-order valence-electron chi connectivity index (χ1n) is 7.65. The molecule has 0 aromatic heterocycles. The summed E-state index contributed by atoms with van der Waals surface area (Å²) >= 11 is 0. The van der Waals surface area contributed by atoms with Gasteiger partial charge in [-0.1, -0.05) is 0 Å². The van der Waals surface area contributed by atoms with Crippen molar-refractivity contribution < 1.29 is 29.3 Å². The van der Waals surface area contributed by atoms with Gasteiger partial charge in [0.2, 0.25) is 0 Å². The Morgan fingerprint density at radius 2 is 0.958 bits per heavy atom. The van der Waals surface area contributed by atoms with Crippen LogP contribution in [0.15, 0.2) is 24.3 Å². The molecule has 0 saturated carbocycles. The number of aryl methyl sites for hydroxylation is 4. The zero-order valence-corrected chi connectivity index (χ0v) is 12.7. The van der Waals surface area contributed by atoms with Gasteiger partial charge in [-0.3, -0.25) is 0 Å². The van der Waals surface area contributed by atoms with E-state index < -0.39 is 12.3 Å². The van der Waals surface area contributed by atoms with Crippen LogP contribution in [-0.4, -0.2) is 22.5 Å². The van der Waals surface area contributed by atoms with Gasteiger partial charge in [0.25, 0.3) is 0 Å². The highest BCUT2D eigenvalue weighted by Gasteiger charge is 2.27. The second-order valence-corrected chi connectivity index (χ2v) is 5.97. The molecule has 2 N–H and O–H groups in total. The Morgan fingerprint density at radius 1 is 0.667 bits per heavy atom. The maximum Gasteiger partial charge on any atom is 0.511 e. The molecule has 122 valence electrons.